The first-order valence-electron chi connectivity index (χ1n) is 7.43. The monoisotopic (exact) mass is 258 g/mol. The summed E-state index contributed by atoms with van der Waals surface area (Å²) in [5.74, 6) is -0.0211. The molecule has 0 heterocycles. The molecule has 108 valence electrons. The highest BCUT2D eigenvalue weighted by Crippen LogP contribution is 2.10. The van der Waals surface area contributed by atoms with Crippen molar-refractivity contribution in [2.75, 3.05) is 13.7 Å². The summed E-state index contributed by atoms with van der Waals surface area (Å²) in [7, 11) is 1.73. The van der Waals surface area contributed by atoms with Crippen LogP contribution in [0.4, 0.5) is 0 Å². The van der Waals surface area contributed by atoms with Gasteiger partial charge in [0.05, 0.1) is 0 Å². The molecular formula is C15H30O3. The molecule has 0 aromatic carbocycles. The predicted octanol–water partition coefficient (Wildman–Crippen LogP) is 4.10. The minimum atomic E-state index is -0.0211. The van der Waals surface area contributed by atoms with Crippen molar-refractivity contribution < 1.29 is 14.3 Å². The third-order valence-electron chi connectivity index (χ3n) is 3.09. The number of unbranched alkanes of at least 4 members (excludes halogenated alkanes) is 4. The van der Waals surface area contributed by atoms with Crippen LogP contribution < -0.4 is 0 Å². The molecule has 0 aliphatic rings. The largest absolute Gasteiger partial charge is 0.462 e. The zero-order valence-electron chi connectivity index (χ0n) is 12.4. The summed E-state index contributed by atoms with van der Waals surface area (Å²) >= 11 is 0. The van der Waals surface area contributed by atoms with Crippen LogP contribution in [-0.4, -0.2) is 25.8 Å². The molecule has 0 aliphatic carbocycles. The Morgan fingerprint density at radius 3 is 2.33 bits per heavy atom. The lowest BCUT2D eigenvalue weighted by Crippen LogP contribution is -2.16. The summed E-state index contributed by atoms with van der Waals surface area (Å²) in [6.07, 6.45) is 9.25. The van der Waals surface area contributed by atoms with E-state index < -0.39 is 0 Å². The van der Waals surface area contributed by atoms with Crippen LogP contribution in [0.1, 0.15) is 71.6 Å². The molecule has 0 fully saturated rings. The number of esters is 1. The standard InChI is InChI=1S/C15H30O3/c1-4-11-14(5-2)18-15(16)12-9-7-6-8-10-13-17-3/h14H,4-13H2,1-3H3. The summed E-state index contributed by atoms with van der Waals surface area (Å²) in [5.41, 5.74) is 0. The van der Waals surface area contributed by atoms with Crippen molar-refractivity contribution in [1.29, 1.82) is 0 Å². The average Bonchev–Trinajstić information content (AvgIpc) is 2.37. The van der Waals surface area contributed by atoms with Crippen LogP contribution in [0.2, 0.25) is 0 Å². The van der Waals surface area contributed by atoms with Gasteiger partial charge in [0.25, 0.3) is 0 Å². The highest BCUT2D eigenvalue weighted by molar-refractivity contribution is 5.69. The Labute approximate surface area is 112 Å². The van der Waals surface area contributed by atoms with E-state index in [0.717, 1.165) is 45.1 Å². The third-order valence-corrected chi connectivity index (χ3v) is 3.09. The topological polar surface area (TPSA) is 35.5 Å². The average molecular weight is 258 g/mol. The van der Waals surface area contributed by atoms with Crippen LogP contribution in [0.25, 0.3) is 0 Å². The molecule has 1 atom stereocenters. The second kappa shape index (κ2) is 12.9. The van der Waals surface area contributed by atoms with E-state index in [2.05, 4.69) is 13.8 Å². The number of carbonyl (C=O) groups excluding carboxylic acids is 1. The molecule has 0 saturated heterocycles. The fraction of sp³-hybridized carbons (Fsp3) is 0.933. The van der Waals surface area contributed by atoms with Gasteiger partial charge in [-0.2, -0.15) is 0 Å². The lowest BCUT2D eigenvalue weighted by atomic mass is 10.1. The second-order valence-electron chi connectivity index (χ2n) is 4.82. The normalized spacial score (nSPS) is 12.4. The molecule has 0 radical (unpaired) electrons. The van der Waals surface area contributed by atoms with E-state index in [1.165, 1.54) is 12.8 Å². The van der Waals surface area contributed by atoms with E-state index in [1.807, 2.05) is 0 Å². The smallest absolute Gasteiger partial charge is 0.306 e. The molecule has 1 unspecified atom stereocenters. The van der Waals surface area contributed by atoms with Crippen LogP contribution in [0.15, 0.2) is 0 Å². The van der Waals surface area contributed by atoms with Gasteiger partial charge < -0.3 is 9.47 Å². The van der Waals surface area contributed by atoms with Crippen molar-refractivity contribution in [3.05, 3.63) is 0 Å². The van der Waals surface area contributed by atoms with Gasteiger partial charge in [0, 0.05) is 20.1 Å². The predicted molar refractivity (Wildman–Crippen MR) is 74.7 cm³/mol. The van der Waals surface area contributed by atoms with Crippen molar-refractivity contribution >= 4 is 5.97 Å². The van der Waals surface area contributed by atoms with Crippen molar-refractivity contribution in [2.45, 2.75) is 77.7 Å². The van der Waals surface area contributed by atoms with Crippen LogP contribution in [0.3, 0.4) is 0 Å². The Morgan fingerprint density at radius 1 is 1.06 bits per heavy atom. The summed E-state index contributed by atoms with van der Waals surface area (Å²) < 4.78 is 10.4. The number of ether oxygens (including phenoxy) is 2. The fourth-order valence-corrected chi connectivity index (χ4v) is 1.96. The molecule has 0 aromatic rings. The lowest BCUT2D eigenvalue weighted by molar-refractivity contribution is -0.149. The van der Waals surface area contributed by atoms with Gasteiger partial charge in [0.15, 0.2) is 0 Å². The van der Waals surface area contributed by atoms with Crippen LogP contribution in [-0.2, 0) is 14.3 Å². The molecule has 0 saturated carbocycles. The van der Waals surface area contributed by atoms with Crippen molar-refractivity contribution in [2.24, 2.45) is 0 Å². The third kappa shape index (κ3) is 10.6. The molecule has 3 nitrogen and oxygen atoms in total. The molecule has 0 amide bonds. The number of hydrogen-bond donors (Lipinski definition) is 0. The van der Waals surface area contributed by atoms with Crippen molar-refractivity contribution in [1.82, 2.24) is 0 Å². The van der Waals surface area contributed by atoms with E-state index in [-0.39, 0.29) is 12.1 Å². The van der Waals surface area contributed by atoms with Gasteiger partial charge in [0.2, 0.25) is 0 Å². The quantitative estimate of drug-likeness (QED) is 0.390. The highest BCUT2D eigenvalue weighted by atomic mass is 16.5. The maximum absolute atomic E-state index is 11.6. The van der Waals surface area contributed by atoms with E-state index in [4.69, 9.17) is 9.47 Å². The van der Waals surface area contributed by atoms with Gasteiger partial charge in [-0.05, 0) is 25.7 Å². The number of rotatable bonds is 12. The first-order valence-corrected chi connectivity index (χ1v) is 7.43. The first kappa shape index (κ1) is 17.4. The molecule has 0 bridgehead atoms. The molecule has 0 aliphatic heterocycles. The van der Waals surface area contributed by atoms with E-state index in [0.29, 0.717) is 6.42 Å². The maximum atomic E-state index is 11.6. The Bertz CT molecular complexity index is 192. The van der Waals surface area contributed by atoms with Crippen molar-refractivity contribution in [3.8, 4) is 0 Å². The van der Waals surface area contributed by atoms with E-state index >= 15 is 0 Å². The Balaban J connectivity index is 3.41. The number of methoxy groups -OCH3 is 1. The summed E-state index contributed by atoms with van der Waals surface area (Å²) in [6.45, 7) is 5.04. The van der Waals surface area contributed by atoms with Gasteiger partial charge in [0.1, 0.15) is 6.10 Å². The summed E-state index contributed by atoms with van der Waals surface area (Å²) in [6, 6.07) is 0. The fourth-order valence-electron chi connectivity index (χ4n) is 1.96. The Kier molecular flexibility index (Phi) is 12.5. The van der Waals surface area contributed by atoms with Crippen LogP contribution in [0.5, 0.6) is 0 Å². The second-order valence-corrected chi connectivity index (χ2v) is 4.82. The molecule has 0 spiro atoms. The van der Waals surface area contributed by atoms with Crippen LogP contribution in [0, 0.1) is 0 Å². The van der Waals surface area contributed by atoms with Crippen LogP contribution >= 0.6 is 0 Å². The molecule has 0 rings (SSSR count). The molecular weight excluding hydrogens is 228 g/mol. The molecule has 0 aromatic heterocycles. The Morgan fingerprint density at radius 2 is 1.72 bits per heavy atom. The molecule has 3 heteroatoms. The highest BCUT2D eigenvalue weighted by Gasteiger charge is 2.10. The van der Waals surface area contributed by atoms with Crippen molar-refractivity contribution in [3.63, 3.8) is 0 Å². The minimum Gasteiger partial charge on any atom is -0.462 e. The van der Waals surface area contributed by atoms with Gasteiger partial charge in [-0.25, -0.2) is 0 Å². The SMILES string of the molecule is CCCC(CC)OC(=O)CCCCCCCOC. The molecule has 0 N–H and O–H groups in total. The Hall–Kier alpha value is -0.570. The van der Waals surface area contributed by atoms with Gasteiger partial charge in [-0.1, -0.05) is 39.5 Å². The minimum absolute atomic E-state index is 0.0211. The lowest BCUT2D eigenvalue weighted by Gasteiger charge is -2.15. The van der Waals surface area contributed by atoms with E-state index in [9.17, 15) is 4.79 Å². The summed E-state index contributed by atoms with van der Waals surface area (Å²) in [5, 5.41) is 0. The molecule has 18 heavy (non-hydrogen) atoms. The zero-order valence-corrected chi connectivity index (χ0v) is 12.4. The van der Waals surface area contributed by atoms with Gasteiger partial charge >= 0.3 is 5.97 Å². The maximum Gasteiger partial charge on any atom is 0.306 e. The van der Waals surface area contributed by atoms with Gasteiger partial charge in [-0.15, -0.1) is 0 Å². The van der Waals surface area contributed by atoms with E-state index in [1.54, 1.807) is 7.11 Å². The summed E-state index contributed by atoms with van der Waals surface area (Å²) in [4.78, 5) is 11.6. The first-order chi connectivity index (χ1) is 8.74. The van der Waals surface area contributed by atoms with Gasteiger partial charge in [-0.3, -0.25) is 4.79 Å². The number of hydrogen-bond acceptors (Lipinski definition) is 3. The number of carbonyl (C=O) groups is 1. The zero-order chi connectivity index (χ0) is 13.6.